The molecule has 282 valence electrons. The largest absolute Gasteiger partial charge is 0.386 e. The number of aryl methyl sites for hydroxylation is 1. The zero-order valence-electron chi connectivity index (χ0n) is 30.7. The Labute approximate surface area is 316 Å². The number of amides is 3. The lowest BCUT2D eigenvalue weighted by Crippen LogP contribution is -2.44. The second kappa shape index (κ2) is 14.3. The van der Waals surface area contributed by atoms with E-state index in [-0.39, 0.29) is 29.6 Å². The number of benzene rings is 2. The molecule has 0 saturated carbocycles. The second-order valence-electron chi connectivity index (χ2n) is 15.4. The summed E-state index contributed by atoms with van der Waals surface area (Å²) >= 11 is 1.60. The number of likely N-dealkylation sites (tertiary alicyclic amines) is 1. The molecule has 3 aliphatic heterocycles. The van der Waals surface area contributed by atoms with E-state index in [1.807, 2.05) is 24.3 Å². The summed E-state index contributed by atoms with van der Waals surface area (Å²) in [4.78, 5) is 68.7. The summed E-state index contributed by atoms with van der Waals surface area (Å²) in [5.74, 6) is -0.180. The Morgan fingerprint density at radius 3 is 2.52 bits per heavy atom. The fourth-order valence-corrected chi connectivity index (χ4v) is 9.48. The predicted octanol–water partition coefficient (Wildman–Crippen LogP) is 4.29. The second-order valence-corrected chi connectivity index (χ2v) is 16.4. The maximum atomic E-state index is 13.4. The van der Waals surface area contributed by atoms with Crippen molar-refractivity contribution in [2.24, 2.45) is 13.0 Å². The molecule has 1 unspecified atom stereocenters. The van der Waals surface area contributed by atoms with Crippen molar-refractivity contribution in [3.05, 3.63) is 76.2 Å². The molecule has 3 amide bonds. The van der Waals surface area contributed by atoms with Gasteiger partial charge in [-0.15, -0.1) is 0 Å². The van der Waals surface area contributed by atoms with Crippen molar-refractivity contribution in [3.8, 4) is 0 Å². The zero-order chi connectivity index (χ0) is 37.7. The predicted molar refractivity (Wildman–Crippen MR) is 207 cm³/mol. The molecule has 5 aromatic rings. The fraction of sp³-hybridized carbons (Fsp3) is 0.462. The van der Waals surface area contributed by atoms with Gasteiger partial charge in [0.2, 0.25) is 11.8 Å². The Hall–Kier alpha value is -4.99. The third-order valence-corrected chi connectivity index (χ3v) is 12.4. The number of carbonyl (C=O) groups is 3. The van der Waals surface area contributed by atoms with Crippen molar-refractivity contribution >= 4 is 61.1 Å². The quantitative estimate of drug-likeness (QED) is 0.195. The molecule has 0 bridgehead atoms. The van der Waals surface area contributed by atoms with Crippen molar-refractivity contribution in [1.29, 1.82) is 0 Å². The smallest absolute Gasteiger partial charge is 0.329 e. The number of piperidine rings is 3. The van der Waals surface area contributed by atoms with E-state index in [0.29, 0.717) is 29.5 Å². The molecular weight excluding hydrogens is 707 g/mol. The summed E-state index contributed by atoms with van der Waals surface area (Å²) in [6, 6.07) is 10.6. The summed E-state index contributed by atoms with van der Waals surface area (Å²) in [6.07, 6.45) is 7.53. The van der Waals surface area contributed by atoms with Crippen LogP contribution in [0.3, 0.4) is 0 Å². The third kappa shape index (κ3) is 6.91. The van der Waals surface area contributed by atoms with E-state index in [1.165, 1.54) is 12.5 Å². The highest BCUT2D eigenvalue weighted by Crippen LogP contribution is 2.39. The number of hydrogen-bond acceptors (Lipinski definition) is 11. The topological polar surface area (TPSA) is 168 Å². The van der Waals surface area contributed by atoms with Crippen molar-refractivity contribution < 1.29 is 19.5 Å². The number of nitrogens with one attached hydrogen (secondary N) is 2. The average Bonchev–Trinajstić information content (AvgIpc) is 3.69. The minimum absolute atomic E-state index is 0.221. The first-order valence-electron chi connectivity index (χ1n) is 18.7. The summed E-state index contributed by atoms with van der Waals surface area (Å²) in [5, 5.41) is 17.3. The van der Waals surface area contributed by atoms with E-state index in [0.717, 1.165) is 90.4 Å². The lowest BCUT2D eigenvalue weighted by Gasteiger charge is -2.38. The van der Waals surface area contributed by atoms with Crippen LogP contribution >= 0.6 is 11.3 Å². The van der Waals surface area contributed by atoms with Gasteiger partial charge in [-0.1, -0.05) is 23.5 Å². The number of aliphatic hydroxyl groups is 1. The number of imide groups is 1. The number of fused-ring (bicyclic) bond motifs is 2. The molecule has 3 aliphatic rings. The molecule has 0 aliphatic carbocycles. The Morgan fingerprint density at radius 2 is 1.81 bits per heavy atom. The number of thiazole rings is 1. The van der Waals surface area contributed by atoms with Crippen LogP contribution in [-0.2, 0) is 22.2 Å². The molecule has 15 heteroatoms. The van der Waals surface area contributed by atoms with E-state index in [9.17, 15) is 24.3 Å². The molecule has 2 aromatic carbocycles. The minimum Gasteiger partial charge on any atom is -0.386 e. The molecule has 3 aromatic heterocycles. The van der Waals surface area contributed by atoms with E-state index < -0.39 is 17.6 Å². The highest BCUT2D eigenvalue weighted by atomic mass is 32.1. The van der Waals surface area contributed by atoms with Gasteiger partial charge in [0.05, 0.1) is 26.9 Å². The lowest BCUT2D eigenvalue weighted by atomic mass is 9.87. The molecule has 3 saturated heterocycles. The number of rotatable bonds is 8. The van der Waals surface area contributed by atoms with Crippen LogP contribution in [0, 0.1) is 5.92 Å². The first kappa shape index (κ1) is 36.0. The van der Waals surface area contributed by atoms with Gasteiger partial charge >= 0.3 is 5.69 Å². The number of para-hydroxylation sites is 1. The maximum absolute atomic E-state index is 13.4. The Balaban J connectivity index is 0.896. The van der Waals surface area contributed by atoms with Gasteiger partial charge in [-0.05, 0) is 101 Å². The van der Waals surface area contributed by atoms with Crippen LogP contribution in [0.25, 0.3) is 21.3 Å². The molecule has 14 nitrogen and oxygen atoms in total. The molecule has 1 atom stereocenters. The van der Waals surface area contributed by atoms with Gasteiger partial charge in [0.1, 0.15) is 18.1 Å². The number of aromatic nitrogens is 5. The molecule has 54 heavy (non-hydrogen) atoms. The maximum Gasteiger partial charge on any atom is 0.329 e. The standard InChI is InChI=1S/C39H45N9O5S/c1-39(2,53)26-19-29-32(20-28(26)42-35(50)27-9-14-40-22-41-27)54-37(43-29)47-17-10-23(11-18-47)21-46-15-12-24(13-16-46)25-5-4-6-30-34(25)45(3)38(52)48(30)31-7-8-33(49)44-36(31)51/h4-6,9,14,19-20,22-24,31,53H,7-8,10-13,15-18,21H2,1-3H3,(H,42,50)(H,44,49,51). The van der Waals surface area contributed by atoms with Gasteiger partial charge < -0.3 is 20.2 Å². The van der Waals surface area contributed by atoms with Crippen LogP contribution in [0.4, 0.5) is 10.8 Å². The molecule has 0 spiro atoms. The Morgan fingerprint density at radius 1 is 1.04 bits per heavy atom. The van der Waals surface area contributed by atoms with E-state index in [1.54, 1.807) is 47.4 Å². The van der Waals surface area contributed by atoms with Crippen LogP contribution < -0.4 is 21.2 Å². The highest BCUT2D eigenvalue weighted by Gasteiger charge is 2.33. The van der Waals surface area contributed by atoms with Crippen LogP contribution in [0.2, 0.25) is 0 Å². The monoisotopic (exact) mass is 751 g/mol. The van der Waals surface area contributed by atoms with Gasteiger partial charge in [0.25, 0.3) is 5.91 Å². The van der Waals surface area contributed by atoms with Crippen LogP contribution in [0.5, 0.6) is 0 Å². The summed E-state index contributed by atoms with van der Waals surface area (Å²) in [5.41, 5.74) is 3.51. The number of nitrogens with zero attached hydrogens (tertiary/aromatic N) is 7. The number of hydrogen-bond donors (Lipinski definition) is 3. The van der Waals surface area contributed by atoms with Gasteiger partial charge in [-0.2, -0.15) is 0 Å². The number of anilines is 2. The SMILES string of the molecule is Cn1c(=O)n(C2CCC(=O)NC2=O)c2cccc(C3CCN(CC4CCN(c5nc6cc(C(C)(C)O)c(NC(=O)c7ccncn7)cc6s5)CC4)CC3)c21. The van der Waals surface area contributed by atoms with Crippen molar-refractivity contribution in [2.75, 3.05) is 42.9 Å². The molecule has 0 radical (unpaired) electrons. The first-order valence-corrected chi connectivity index (χ1v) is 19.5. The normalized spacial score (nSPS) is 19.5. The van der Waals surface area contributed by atoms with Crippen molar-refractivity contribution in [2.45, 2.75) is 69.9 Å². The van der Waals surface area contributed by atoms with Gasteiger partial charge in [-0.3, -0.25) is 28.8 Å². The Kier molecular flexibility index (Phi) is 9.56. The summed E-state index contributed by atoms with van der Waals surface area (Å²) in [6.45, 7) is 8.25. The molecule has 3 fully saturated rings. The lowest BCUT2D eigenvalue weighted by molar-refractivity contribution is -0.135. The number of carbonyl (C=O) groups excluding carboxylic acids is 3. The molecule has 6 heterocycles. The van der Waals surface area contributed by atoms with Gasteiger partial charge in [-0.25, -0.2) is 19.7 Å². The van der Waals surface area contributed by atoms with E-state index in [4.69, 9.17) is 4.98 Å². The van der Waals surface area contributed by atoms with Crippen molar-refractivity contribution in [1.82, 2.24) is 34.3 Å². The zero-order valence-corrected chi connectivity index (χ0v) is 31.6. The first-order chi connectivity index (χ1) is 25.9. The molecule has 3 N–H and O–H groups in total. The average molecular weight is 752 g/mol. The van der Waals surface area contributed by atoms with Crippen molar-refractivity contribution in [3.63, 3.8) is 0 Å². The van der Waals surface area contributed by atoms with Gasteiger partial charge in [0.15, 0.2) is 5.13 Å². The third-order valence-electron chi connectivity index (χ3n) is 11.3. The minimum atomic E-state index is -1.20. The van der Waals surface area contributed by atoms with Gasteiger partial charge in [0, 0.05) is 50.6 Å². The summed E-state index contributed by atoms with van der Waals surface area (Å²) in [7, 11) is 1.78. The summed E-state index contributed by atoms with van der Waals surface area (Å²) < 4.78 is 4.18. The molecular formula is C39H45N9O5S. The van der Waals surface area contributed by atoms with Crippen LogP contribution in [0.15, 0.2) is 53.7 Å². The fourth-order valence-electron chi connectivity index (χ4n) is 8.44. The Bertz CT molecular complexity index is 2290. The highest BCUT2D eigenvalue weighted by molar-refractivity contribution is 7.22. The number of imidazole rings is 1. The van der Waals surface area contributed by atoms with Crippen LogP contribution in [0.1, 0.15) is 85.9 Å². The van der Waals surface area contributed by atoms with E-state index >= 15 is 0 Å². The molecule has 8 rings (SSSR count). The van der Waals surface area contributed by atoms with Crippen LogP contribution in [-0.4, -0.2) is 84.5 Å². The van der Waals surface area contributed by atoms with E-state index in [2.05, 4.69) is 36.5 Å².